The molecule has 1 fully saturated rings. The summed E-state index contributed by atoms with van der Waals surface area (Å²) in [7, 11) is 1.79. The fraction of sp³-hybridized carbons (Fsp3) is 0.548. The van der Waals surface area contributed by atoms with Gasteiger partial charge < -0.3 is 21.2 Å². The van der Waals surface area contributed by atoms with Crippen molar-refractivity contribution in [1.82, 2.24) is 16.1 Å². The van der Waals surface area contributed by atoms with Crippen LogP contribution in [0.15, 0.2) is 47.6 Å². The Morgan fingerprint density at radius 3 is 2.23 bits per heavy atom. The minimum atomic E-state index is -0.981. The first-order chi connectivity index (χ1) is 18.4. The van der Waals surface area contributed by atoms with Crippen LogP contribution in [0.1, 0.15) is 83.9 Å². The molecule has 0 aliphatic heterocycles. The molecule has 1 amide bonds. The highest BCUT2D eigenvalue weighted by Gasteiger charge is 2.37. The number of carbonyl (C=O) groups excluding carboxylic acids is 1. The van der Waals surface area contributed by atoms with Gasteiger partial charge in [-0.3, -0.25) is 4.79 Å². The molecule has 0 heterocycles. The molecule has 2 aromatic rings. The van der Waals surface area contributed by atoms with Gasteiger partial charge in [0.15, 0.2) is 0 Å². The number of rotatable bonds is 9. The standard InChI is InChI=1S/C29H40F2N4O2.C2H6/c1-19(36)34-26(15-20-13-23(30)17-24(31)14-20)27(37)18-33-29(11-9-25(10-12-29)35-32-5)22-8-6-7-21(16-22)28(2,3)4;1-2/h6-8,13-14,16-17,26-27,32-33,37H,9-12,15,18H2,1-5H3,(H,34,36);1-2H3. The normalized spacial score (nSPS) is 18.9. The summed E-state index contributed by atoms with van der Waals surface area (Å²) in [4.78, 5) is 11.9. The van der Waals surface area contributed by atoms with E-state index < -0.39 is 23.8 Å². The maximum Gasteiger partial charge on any atom is 0.217 e. The number of benzene rings is 2. The zero-order valence-corrected chi connectivity index (χ0v) is 24.5. The number of hydrogen-bond donors (Lipinski definition) is 4. The first kappa shape index (κ1) is 32.4. The van der Waals surface area contributed by atoms with E-state index in [-0.39, 0.29) is 29.8 Å². The van der Waals surface area contributed by atoms with Crippen molar-refractivity contribution in [3.05, 3.63) is 70.8 Å². The number of nitrogens with zero attached hydrogens (tertiary/aromatic N) is 1. The van der Waals surface area contributed by atoms with E-state index in [2.05, 4.69) is 66.2 Å². The average molecular weight is 545 g/mol. The van der Waals surface area contributed by atoms with E-state index in [0.29, 0.717) is 5.56 Å². The van der Waals surface area contributed by atoms with Crippen molar-refractivity contribution in [3.8, 4) is 0 Å². The van der Waals surface area contributed by atoms with E-state index in [9.17, 15) is 18.7 Å². The summed E-state index contributed by atoms with van der Waals surface area (Å²) in [5.74, 6) is -1.70. The predicted molar refractivity (Wildman–Crippen MR) is 155 cm³/mol. The van der Waals surface area contributed by atoms with Crippen LogP contribution in [0, 0.1) is 11.6 Å². The van der Waals surface area contributed by atoms with Gasteiger partial charge in [-0.15, -0.1) is 0 Å². The number of aliphatic hydroxyl groups excluding tert-OH is 1. The van der Waals surface area contributed by atoms with Gasteiger partial charge in [-0.05, 0) is 66.3 Å². The molecule has 2 aromatic carbocycles. The molecule has 8 heteroatoms. The van der Waals surface area contributed by atoms with E-state index in [1.165, 1.54) is 24.6 Å². The molecule has 0 bridgehead atoms. The Labute approximate surface area is 232 Å². The van der Waals surface area contributed by atoms with Crippen molar-refractivity contribution in [2.24, 2.45) is 5.10 Å². The second-order valence-electron chi connectivity index (χ2n) is 11.1. The second-order valence-corrected chi connectivity index (χ2v) is 11.1. The van der Waals surface area contributed by atoms with Crippen LogP contribution in [0.3, 0.4) is 0 Å². The molecule has 1 aliphatic carbocycles. The molecule has 1 aliphatic rings. The Morgan fingerprint density at radius 2 is 1.69 bits per heavy atom. The van der Waals surface area contributed by atoms with Crippen LogP contribution < -0.4 is 16.1 Å². The molecule has 39 heavy (non-hydrogen) atoms. The number of amides is 1. The molecule has 4 N–H and O–H groups in total. The molecule has 1 saturated carbocycles. The number of nitrogens with one attached hydrogen (secondary N) is 3. The Hall–Kier alpha value is -2.84. The third-order valence-electron chi connectivity index (χ3n) is 7.11. The summed E-state index contributed by atoms with van der Waals surface area (Å²) in [6.07, 6.45) is 2.33. The lowest BCUT2D eigenvalue weighted by Crippen LogP contribution is -2.53. The first-order valence-electron chi connectivity index (χ1n) is 13.9. The summed E-state index contributed by atoms with van der Waals surface area (Å²) in [5.41, 5.74) is 6.34. The fourth-order valence-corrected chi connectivity index (χ4v) is 5.06. The smallest absolute Gasteiger partial charge is 0.217 e. The highest BCUT2D eigenvalue weighted by Crippen LogP contribution is 2.38. The third kappa shape index (κ3) is 9.39. The molecule has 3 rings (SSSR count). The molecular weight excluding hydrogens is 498 g/mol. The van der Waals surface area contributed by atoms with Crippen LogP contribution in [-0.2, 0) is 22.2 Å². The van der Waals surface area contributed by atoms with Gasteiger partial charge in [0.25, 0.3) is 0 Å². The van der Waals surface area contributed by atoms with Gasteiger partial charge in [-0.1, -0.05) is 58.9 Å². The van der Waals surface area contributed by atoms with Gasteiger partial charge in [-0.2, -0.15) is 5.10 Å². The molecular formula is C31H46F2N4O2. The van der Waals surface area contributed by atoms with Gasteiger partial charge in [-0.25, -0.2) is 8.78 Å². The molecule has 0 radical (unpaired) electrons. The minimum absolute atomic E-state index is 0.0130. The molecule has 2 unspecified atom stereocenters. The van der Waals surface area contributed by atoms with Gasteiger partial charge in [0.1, 0.15) is 11.6 Å². The number of hydrazone groups is 1. The highest BCUT2D eigenvalue weighted by molar-refractivity contribution is 5.85. The van der Waals surface area contributed by atoms with Crippen molar-refractivity contribution in [2.75, 3.05) is 13.6 Å². The second kappa shape index (κ2) is 14.5. The molecule has 6 nitrogen and oxygen atoms in total. The topological polar surface area (TPSA) is 85.8 Å². The van der Waals surface area contributed by atoms with E-state index >= 15 is 0 Å². The van der Waals surface area contributed by atoms with Crippen molar-refractivity contribution < 1.29 is 18.7 Å². The summed E-state index contributed by atoms with van der Waals surface area (Å²) >= 11 is 0. The largest absolute Gasteiger partial charge is 0.390 e. The van der Waals surface area contributed by atoms with Crippen LogP contribution in [0.4, 0.5) is 8.78 Å². The molecule has 0 spiro atoms. The zero-order valence-electron chi connectivity index (χ0n) is 24.5. The molecule has 216 valence electrons. The van der Waals surface area contributed by atoms with Gasteiger partial charge in [0, 0.05) is 37.8 Å². The molecule has 0 aromatic heterocycles. The van der Waals surface area contributed by atoms with Crippen molar-refractivity contribution in [1.29, 1.82) is 0 Å². The summed E-state index contributed by atoms with van der Waals surface area (Å²) in [5, 5.41) is 22.0. The van der Waals surface area contributed by atoms with Gasteiger partial charge in [0.2, 0.25) is 5.91 Å². The van der Waals surface area contributed by atoms with E-state index in [4.69, 9.17) is 0 Å². The van der Waals surface area contributed by atoms with Crippen LogP contribution in [0.5, 0.6) is 0 Å². The molecule has 2 atom stereocenters. The monoisotopic (exact) mass is 544 g/mol. The van der Waals surface area contributed by atoms with Gasteiger partial charge >= 0.3 is 0 Å². The highest BCUT2D eigenvalue weighted by atomic mass is 19.1. The van der Waals surface area contributed by atoms with E-state index in [1.807, 2.05) is 13.8 Å². The first-order valence-corrected chi connectivity index (χ1v) is 13.9. The fourth-order valence-electron chi connectivity index (χ4n) is 5.06. The van der Waals surface area contributed by atoms with Crippen molar-refractivity contribution in [2.45, 2.75) is 96.7 Å². The van der Waals surface area contributed by atoms with Crippen molar-refractivity contribution >= 4 is 11.6 Å². The third-order valence-corrected chi connectivity index (χ3v) is 7.11. The van der Waals surface area contributed by atoms with Gasteiger partial charge in [0.05, 0.1) is 12.1 Å². The average Bonchev–Trinajstić information content (AvgIpc) is 2.88. The number of hydrogen-bond acceptors (Lipinski definition) is 5. The van der Waals surface area contributed by atoms with Crippen LogP contribution in [0.25, 0.3) is 0 Å². The van der Waals surface area contributed by atoms with Crippen LogP contribution in [-0.4, -0.2) is 42.5 Å². The Kier molecular flexibility index (Phi) is 12.1. The Bertz CT molecular complexity index is 1080. The minimum Gasteiger partial charge on any atom is -0.390 e. The lowest BCUT2D eigenvalue weighted by atomic mass is 9.74. The number of aliphatic hydroxyl groups is 1. The van der Waals surface area contributed by atoms with E-state index in [0.717, 1.165) is 43.0 Å². The van der Waals surface area contributed by atoms with Crippen LogP contribution >= 0.6 is 0 Å². The molecule has 0 saturated heterocycles. The van der Waals surface area contributed by atoms with Crippen molar-refractivity contribution in [3.63, 3.8) is 0 Å². The lowest BCUT2D eigenvalue weighted by Gasteiger charge is -2.41. The Morgan fingerprint density at radius 1 is 1.08 bits per heavy atom. The zero-order chi connectivity index (χ0) is 29.2. The SMILES string of the molecule is CC.CNN=C1CCC(NCC(O)C(Cc2cc(F)cc(F)c2)NC(C)=O)(c2cccc(C(C)(C)C)c2)CC1. The van der Waals surface area contributed by atoms with Crippen LogP contribution in [0.2, 0.25) is 0 Å². The maximum atomic E-state index is 13.8. The summed E-state index contributed by atoms with van der Waals surface area (Å²) in [6, 6.07) is 11.1. The number of halogens is 2. The summed E-state index contributed by atoms with van der Waals surface area (Å²) < 4.78 is 27.5. The number of carbonyl (C=O) groups is 1. The quantitative estimate of drug-likeness (QED) is 0.322. The van der Waals surface area contributed by atoms with E-state index in [1.54, 1.807) is 7.05 Å². The summed E-state index contributed by atoms with van der Waals surface area (Å²) in [6.45, 7) is 12.1. The lowest BCUT2D eigenvalue weighted by molar-refractivity contribution is -0.120. The maximum absolute atomic E-state index is 13.8. The predicted octanol–water partition coefficient (Wildman–Crippen LogP) is 5.33. The Balaban J connectivity index is 0.00000260.